The predicted octanol–water partition coefficient (Wildman–Crippen LogP) is 5.01. The Morgan fingerprint density at radius 2 is 1.88 bits per heavy atom. The molecule has 2 aromatic carbocycles. The zero-order valence-electron chi connectivity index (χ0n) is 9.25. The number of halogens is 1. The largest absolute Gasteiger partial charge is 0.354 e. The zero-order valence-corrected chi connectivity index (χ0v) is 10.8. The summed E-state index contributed by atoms with van der Waals surface area (Å²) in [6.07, 6.45) is 0. The third-order valence-electron chi connectivity index (χ3n) is 3.02. The molecular formula is C14H10ClNS. The third-order valence-corrected chi connectivity index (χ3v) is 3.76. The van der Waals surface area contributed by atoms with Gasteiger partial charge in [0.25, 0.3) is 0 Å². The number of aryl methyl sites for hydroxylation is 1. The van der Waals surface area contributed by atoms with E-state index in [2.05, 4.69) is 11.9 Å². The molecule has 1 heterocycles. The van der Waals surface area contributed by atoms with E-state index in [1.54, 1.807) is 0 Å². The average Bonchev–Trinajstić information content (AvgIpc) is 2.34. The van der Waals surface area contributed by atoms with Crippen LogP contribution < -0.4 is 0 Å². The van der Waals surface area contributed by atoms with Crippen molar-refractivity contribution in [2.24, 2.45) is 0 Å². The van der Waals surface area contributed by atoms with Gasteiger partial charge in [-0.25, -0.2) is 0 Å². The van der Waals surface area contributed by atoms with Crippen LogP contribution >= 0.6 is 23.8 Å². The van der Waals surface area contributed by atoms with Gasteiger partial charge >= 0.3 is 0 Å². The lowest BCUT2D eigenvalue weighted by Gasteiger charge is -2.08. The van der Waals surface area contributed by atoms with Gasteiger partial charge in [-0.05, 0) is 24.6 Å². The van der Waals surface area contributed by atoms with Crippen molar-refractivity contribution in [3.8, 4) is 0 Å². The lowest BCUT2D eigenvalue weighted by Crippen LogP contribution is -1.88. The first-order valence-electron chi connectivity index (χ1n) is 5.38. The zero-order chi connectivity index (χ0) is 12.0. The molecule has 1 aromatic heterocycles. The fraction of sp³-hybridized carbons (Fsp3) is 0.0714. The van der Waals surface area contributed by atoms with Crippen molar-refractivity contribution in [1.82, 2.24) is 4.98 Å². The van der Waals surface area contributed by atoms with E-state index in [4.69, 9.17) is 23.8 Å². The Morgan fingerprint density at radius 3 is 2.71 bits per heavy atom. The molecule has 0 atom stereocenters. The fourth-order valence-corrected chi connectivity index (χ4v) is 2.82. The molecule has 0 bridgehead atoms. The van der Waals surface area contributed by atoms with Crippen LogP contribution in [0.2, 0.25) is 5.02 Å². The number of fused-ring (bicyclic) bond motifs is 2. The van der Waals surface area contributed by atoms with Crippen LogP contribution in [0.1, 0.15) is 5.56 Å². The first-order valence-corrected chi connectivity index (χ1v) is 6.17. The molecule has 0 amide bonds. The fourth-order valence-electron chi connectivity index (χ4n) is 2.12. The number of hydrogen-bond acceptors (Lipinski definition) is 1. The number of benzene rings is 2. The number of rotatable bonds is 0. The Kier molecular flexibility index (Phi) is 2.42. The first kappa shape index (κ1) is 10.8. The molecular weight excluding hydrogens is 250 g/mol. The molecule has 1 N–H and O–H groups in total. The molecule has 0 aliphatic carbocycles. The molecule has 0 aliphatic heterocycles. The van der Waals surface area contributed by atoms with E-state index in [1.807, 2.05) is 36.4 Å². The quantitative estimate of drug-likeness (QED) is 0.443. The third kappa shape index (κ3) is 1.56. The summed E-state index contributed by atoms with van der Waals surface area (Å²) in [4.78, 5) is 3.41. The van der Waals surface area contributed by atoms with Gasteiger partial charge in [-0.1, -0.05) is 48.1 Å². The Balaban J connectivity index is 2.69. The summed E-state index contributed by atoms with van der Waals surface area (Å²) in [5.41, 5.74) is 3.23. The van der Waals surface area contributed by atoms with Crippen molar-refractivity contribution < 1.29 is 0 Å². The van der Waals surface area contributed by atoms with Gasteiger partial charge in [0.05, 0.1) is 15.0 Å². The Morgan fingerprint density at radius 1 is 1.12 bits per heavy atom. The predicted molar refractivity (Wildman–Crippen MR) is 76.4 cm³/mol. The van der Waals surface area contributed by atoms with Crippen LogP contribution in [0.3, 0.4) is 0 Å². The molecule has 0 unspecified atom stereocenters. The van der Waals surface area contributed by atoms with E-state index in [9.17, 15) is 0 Å². The van der Waals surface area contributed by atoms with Crippen molar-refractivity contribution in [1.29, 1.82) is 0 Å². The highest BCUT2D eigenvalue weighted by atomic mass is 35.5. The standard InChI is InChI=1S/C14H10ClNS/c1-8-6-7-10(15)12-13(8)16-11-5-3-2-4-9(11)14(12)17/h2-7H,1H3,(H,16,17). The number of nitrogens with one attached hydrogen (secondary N) is 1. The van der Waals surface area contributed by atoms with E-state index >= 15 is 0 Å². The van der Waals surface area contributed by atoms with Crippen molar-refractivity contribution >= 4 is 45.6 Å². The number of aromatic nitrogens is 1. The smallest absolute Gasteiger partial charge is 0.0578 e. The summed E-state index contributed by atoms with van der Waals surface area (Å²) in [5.74, 6) is 0. The Labute approximate surface area is 109 Å². The average molecular weight is 260 g/mol. The number of hydrogen-bond donors (Lipinski definition) is 1. The van der Waals surface area contributed by atoms with E-state index in [-0.39, 0.29) is 0 Å². The highest BCUT2D eigenvalue weighted by Crippen LogP contribution is 2.29. The summed E-state index contributed by atoms with van der Waals surface area (Å²) in [6, 6.07) is 11.9. The van der Waals surface area contributed by atoms with Crippen LogP contribution in [0.4, 0.5) is 0 Å². The molecule has 84 valence electrons. The Hall–Kier alpha value is -1.38. The molecule has 0 radical (unpaired) electrons. The Bertz CT molecular complexity index is 789. The van der Waals surface area contributed by atoms with E-state index < -0.39 is 0 Å². The highest BCUT2D eigenvalue weighted by molar-refractivity contribution is 7.72. The summed E-state index contributed by atoms with van der Waals surface area (Å²) in [6.45, 7) is 2.05. The van der Waals surface area contributed by atoms with Gasteiger partial charge in [0, 0.05) is 16.3 Å². The number of pyridine rings is 1. The van der Waals surface area contributed by atoms with Crippen LogP contribution in [0, 0.1) is 11.4 Å². The maximum absolute atomic E-state index is 6.25. The first-order chi connectivity index (χ1) is 8.18. The van der Waals surface area contributed by atoms with Gasteiger partial charge in [-0.2, -0.15) is 0 Å². The maximum atomic E-state index is 6.25. The van der Waals surface area contributed by atoms with Gasteiger partial charge in [0.15, 0.2) is 0 Å². The van der Waals surface area contributed by atoms with Crippen LogP contribution in [-0.4, -0.2) is 4.98 Å². The van der Waals surface area contributed by atoms with Gasteiger partial charge < -0.3 is 4.98 Å². The summed E-state index contributed by atoms with van der Waals surface area (Å²) in [7, 11) is 0. The van der Waals surface area contributed by atoms with Gasteiger partial charge in [-0.15, -0.1) is 0 Å². The van der Waals surface area contributed by atoms with Crippen LogP contribution in [0.15, 0.2) is 36.4 Å². The second-order valence-electron chi connectivity index (χ2n) is 4.11. The van der Waals surface area contributed by atoms with Crippen molar-refractivity contribution in [3.05, 3.63) is 51.5 Å². The molecule has 3 rings (SSSR count). The van der Waals surface area contributed by atoms with Crippen LogP contribution in [-0.2, 0) is 0 Å². The maximum Gasteiger partial charge on any atom is 0.0578 e. The molecule has 0 saturated carbocycles. The summed E-state index contributed by atoms with van der Waals surface area (Å²) < 4.78 is 0.822. The molecule has 0 fully saturated rings. The van der Waals surface area contributed by atoms with E-state index in [0.717, 1.165) is 31.9 Å². The van der Waals surface area contributed by atoms with E-state index in [0.29, 0.717) is 5.02 Å². The van der Waals surface area contributed by atoms with Crippen molar-refractivity contribution in [3.63, 3.8) is 0 Å². The minimum absolute atomic E-state index is 0.706. The SMILES string of the molecule is Cc1ccc(Cl)c2c(=S)c3ccccc3[nH]c12. The van der Waals surface area contributed by atoms with Gasteiger partial charge in [-0.3, -0.25) is 0 Å². The molecule has 1 nitrogen and oxygen atoms in total. The highest BCUT2D eigenvalue weighted by Gasteiger charge is 2.07. The van der Waals surface area contributed by atoms with E-state index in [1.165, 1.54) is 0 Å². The minimum Gasteiger partial charge on any atom is -0.354 e. The molecule has 17 heavy (non-hydrogen) atoms. The molecule has 0 aliphatic rings. The molecule has 0 spiro atoms. The monoisotopic (exact) mass is 259 g/mol. The second-order valence-corrected chi connectivity index (χ2v) is 4.93. The topological polar surface area (TPSA) is 15.8 Å². The van der Waals surface area contributed by atoms with Crippen molar-refractivity contribution in [2.45, 2.75) is 6.92 Å². The van der Waals surface area contributed by atoms with Gasteiger partial charge in [0.2, 0.25) is 0 Å². The van der Waals surface area contributed by atoms with Crippen LogP contribution in [0.5, 0.6) is 0 Å². The molecule has 3 heteroatoms. The number of aromatic amines is 1. The van der Waals surface area contributed by atoms with Gasteiger partial charge in [0.1, 0.15) is 0 Å². The minimum atomic E-state index is 0.706. The molecule has 0 saturated heterocycles. The van der Waals surface area contributed by atoms with Crippen molar-refractivity contribution in [2.75, 3.05) is 0 Å². The number of H-pyrrole nitrogens is 1. The molecule has 3 aromatic rings. The second kappa shape index (κ2) is 3.83. The van der Waals surface area contributed by atoms with Crippen LogP contribution in [0.25, 0.3) is 21.8 Å². The number of para-hydroxylation sites is 1. The normalized spacial score (nSPS) is 11.2. The lowest BCUT2D eigenvalue weighted by molar-refractivity contribution is 1.42. The summed E-state index contributed by atoms with van der Waals surface area (Å²) >= 11 is 11.8. The lowest BCUT2D eigenvalue weighted by atomic mass is 10.1. The summed E-state index contributed by atoms with van der Waals surface area (Å²) in [5, 5.41) is 2.69.